The van der Waals surface area contributed by atoms with Gasteiger partial charge in [0.15, 0.2) is 5.58 Å². The van der Waals surface area contributed by atoms with Gasteiger partial charge >= 0.3 is 0 Å². The van der Waals surface area contributed by atoms with Crippen molar-refractivity contribution in [2.45, 2.75) is 19.9 Å². The van der Waals surface area contributed by atoms with E-state index in [1.807, 2.05) is 54.6 Å². The number of oxazole rings is 1. The minimum absolute atomic E-state index is 0.377. The lowest BCUT2D eigenvalue weighted by atomic mass is 9.99. The Morgan fingerprint density at radius 3 is 2.17 bits per heavy atom. The van der Waals surface area contributed by atoms with Gasteiger partial charge in [0.2, 0.25) is 11.9 Å². The molecule has 3 heterocycles. The first-order valence-corrected chi connectivity index (χ1v) is 18.3. The van der Waals surface area contributed by atoms with Crippen LogP contribution >= 0.6 is 0 Å². The molecule has 2 N–H and O–H groups in total. The molecule has 1 aliphatic carbocycles. The second-order valence-electron chi connectivity index (χ2n) is 13.9. The fourth-order valence-corrected chi connectivity index (χ4v) is 7.79. The highest BCUT2D eigenvalue weighted by molar-refractivity contribution is 6.25. The first-order valence-electron chi connectivity index (χ1n) is 18.3. The molecule has 260 valence electrons. The van der Waals surface area contributed by atoms with Crippen LogP contribution in [0.15, 0.2) is 172 Å². The number of nitrogens with zero attached hydrogens (tertiary/aromatic N) is 5. The Morgan fingerprint density at radius 2 is 1.44 bits per heavy atom. The lowest BCUT2D eigenvalue weighted by Gasteiger charge is -2.14. The van der Waals surface area contributed by atoms with Crippen LogP contribution in [0.25, 0.3) is 66.0 Å². The van der Waals surface area contributed by atoms with Crippen molar-refractivity contribution in [1.82, 2.24) is 14.1 Å². The molecule has 0 bridgehead atoms. The van der Waals surface area contributed by atoms with Crippen LogP contribution in [0.2, 0.25) is 0 Å². The summed E-state index contributed by atoms with van der Waals surface area (Å²) >= 11 is 0. The predicted octanol–water partition coefficient (Wildman–Crippen LogP) is 10.8. The molecule has 0 fully saturated rings. The van der Waals surface area contributed by atoms with Gasteiger partial charge in [-0.05, 0) is 48.2 Å². The maximum atomic E-state index is 6.84. The van der Waals surface area contributed by atoms with Gasteiger partial charge in [0.25, 0.3) is 0 Å². The minimum atomic E-state index is 0.377. The monoisotopic (exact) mass is 700 g/mol. The first-order chi connectivity index (χ1) is 26.6. The number of aliphatic imine (C=N–C) groups is 2. The molecule has 9 aromatic rings. The molecule has 7 heteroatoms. The Balaban J connectivity index is 1.33. The molecule has 0 saturated heterocycles. The Hall–Kier alpha value is -6.99. The van der Waals surface area contributed by atoms with E-state index in [1.165, 1.54) is 10.8 Å². The van der Waals surface area contributed by atoms with E-state index in [9.17, 15) is 0 Å². The normalized spacial score (nSPS) is 15.3. The van der Waals surface area contributed by atoms with Crippen LogP contribution in [-0.4, -0.2) is 25.9 Å². The van der Waals surface area contributed by atoms with Gasteiger partial charge in [0.05, 0.1) is 34.3 Å². The van der Waals surface area contributed by atoms with E-state index in [1.54, 1.807) is 0 Å². The van der Waals surface area contributed by atoms with Crippen LogP contribution in [0.1, 0.15) is 30.4 Å². The van der Waals surface area contributed by atoms with Gasteiger partial charge in [-0.1, -0.05) is 134 Å². The Bertz CT molecular complexity index is 2960. The van der Waals surface area contributed by atoms with Crippen molar-refractivity contribution in [3.05, 3.63) is 175 Å². The van der Waals surface area contributed by atoms with E-state index in [4.69, 9.17) is 25.1 Å². The summed E-state index contributed by atoms with van der Waals surface area (Å²) in [6.07, 6.45) is 7.50. The molecule has 6 aromatic carbocycles. The van der Waals surface area contributed by atoms with E-state index < -0.39 is 0 Å². The fourth-order valence-electron chi connectivity index (χ4n) is 7.79. The lowest BCUT2D eigenvalue weighted by molar-refractivity contribution is 0.584. The molecular weight excluding hydrogens is 665 g/mol. The van der Waals surface area contributed by atoms with Gasteiger partial charge in [-0.3, -0.25) is 4.57 Å². The van der Waals surface area contributed by atoms with Crippen molar-refractivity contribution in [2.24, 2.45) is 21.6 Å². The summed E-state index contributed by atoms with van der Waals surface area (Å²) in [5, 5.41) is 4.35. The molecule has 1 unspecified atom stereocenters. The number of aromatic nitrogens is 3. The number of amidine groups is 1. The van der Waals surface area contributed by atoms with Crippen LogP contribution in [-0.2, 0) is 6.54 Å². The van der Waals surface area contributed by atoms with E-state index in [0.29, 0.717) is 30.1 Å². The number of allylic oxidation sites excluding steroid dienone is 4. The number of para-hydroxylation sites is 3. The van der Waals surface area contributed by atoms with E-state index >= 15 is 0 Å². The maximum Gasteiger partial charge on any atom is 0.232 e. The largest absolute Gasteiger partial charge is 0.436 e. The predicted molar refractivity (Wildman–Crippen MR) is 222 cm³/mol. The smallest absolute Gasteiger partial charge is 0.232 e. The van der Waals surface area contributed by atoms with Crippen LogP contribution < -0.4 is 5.73 Å². The van der Waals surface area contributed by atoms with Gasteiger partial charge in [0.1, 0.15) is 11.4 Å². The summed E-state index contributed by atoms with van der Waals surface area (Å²) in [6.45, 7) is 2.63. The summed E-state index contributed by atoms with van der Waals surface area (Å²) in [5.41, 5.74) is 16.3. The lowest BCUT2D eigenvalue weighted by Crippen LogP contribution is -2.20. The minimum Gasteiger partial charge on any atom is -0.436 e. The standard InChI is InChI=1S/C47H36N6O/c1-30-23-25-33(26-24-30)46-50-43-41(54-46)28-27-39-42(43)36-19-12-22-40(52-37-20-10-8-17-34(37)35-18-9-11-21-38(35)52)44(36)53(39)47(49-29-31-13-4-2-5-14-31)51-45(48)32-15-6-3-7-16-32/h2-23,25-28,30H,24,29H2,1H3,(H2,48,49,51). The number of hydrogen-bond acceptors (Lipinski definition) is 3. The molecule has 0 saturated carbocycles. The molecule has 3 aromatic heterocycles. The molecular formula is C47H36N6O. The van der Waals surface area contributed by atoms with Gasteiger partial charge in [-0.25, -0.2) is 9.98 Å². The number of benzene rings is 6. The highest BCUT2D eigenvalue weighted by Crippen LogP contribution is 2.41. The third kappa shape index (κ3) is 5.24. The van der Waals surface area contributed by atoms with Crippen LogP contribution in [0.3, 0.4) is 0 Å². The maximum absolute atomic E-state index is 6.84. The molecule has 0 aliphatic heterocycles. The second-order valence-corrected chi connectivity index (χ2v) is 13.9. The zero-order chi connectivity index (χ0) is 36.2. The van der Waals surface area contributed by atoms with Crippen LogP contribution in [0.4, 0.5) is 0 Å². The molecule has 7 nitrogen and oxygen atoms in total. The number of rotatable bonds is 5. The molecule has 54 heavy (non-hydrogen) atoms. The Labute approximate surface area is 311 Å². The number of nitrogens with two attached hydrogens (primary N) is 1. The van der Waals surface area contributed by atoms with Crippen molar-refractivity contribution in [1.29, 1.82) is 0 Å². The zero-order valence-corrected chi connectivity index (χ0v) is 29.7. The van der Waals surface area contributed by atoms with E-state index in [2.05, 4.69) is 119 Å². The third-order valence-electron chi connectivity index (χ3n) is 10.4. The first kappa shape index (κ1) is 31.7. The van der Waals surface area contributed by atoms with Crippen LogP contribution in [0.5, 0.6) is 0 Å². The highest BCUT2D eigenvalue weighted by Gasteiger charge is 2.25. The van der Waals surface area contributed by atoms with Gasteiger partial charge in [-0.2, -0.15) is 4.99 Å². The third-order valence-corrected chi connectivity index (χ3v) is 10.4. The second kappa shape index (κ2) is 12.9. The summed E-state index contributed by atoms with van der Waals surface area (Å²) < 4.78 is 11.0. The van der Waals surface area contributed by atoms with E-state index in [0.717, 1.165) is 72.7 Å². The van der Waals surface area contributed by atoms with E-state index in [-0.39, 0.29) is 0 Å². The molecule has 10 rings (SSSR count). The van der Waals surface area contributed by atoms with Crippen LogP contribution in [0, 0.1) is 5.92 Å². The molecule has 1 aliphatic rings. The SMILES string of the molecule is CC1C=CC(c2nc3c(ccc4c3c3cccc(-n5c6ccccc6c6ccccc65)c3n4C(=NCc3ccccc3)/N=C(\N)c3ccccc3)o2)=CC1. The number of hydrogen-bond donors (Lipinski definition) is 1. The molecule has 1 atom stereocenters. The van der Waals surface area contributed by atoms with Gasteiger partial charge in [-0.15, -0.1) is 0 Å². The summed E-state index contributed by atoms with van der Waals surface area (Å²) in [5.74, 6) is 1.95. The average molecular weight is 701 g/mol. The summed E-state index contributed by atoms with van der Waals surface area (Å²) in [7, 11) is 0. The number of fused-ring (bicyclic) bond motifs is 8. The van der Waals surface area contributed by atoms with Crippen molar-refractivity contribution in [3.63, 3.8) is 0 Å². The summed E-state index contributed by atoms with van der Waals surface area (Å²) in [4.78, 5) is 15.6. The van der Waals surface area contributed by atoms with Gasteiger partial charge in [0, 0.05) is 32.7 Å². The van der Waals surface area contributed by atoms with Crippen molar-refractivity contribution in [3.8, 4) is 5.69 Å². The average Bonchev–Trinajstić information content (AvgIpc) is 3.91. The van der Waals surface area contributed by atoms with Gasteiger partial charge < -0.3 is 14.7 Å². The fraction of sp³-hybridized carbons (Fsp3) is 0.0851. The summed E-state index contributed by atoms with van der Waals surface area (Å²) in [6, 6.07) is 47.8. The topological polar surface area (TPSA) is 86.6 Å². The molecule has 0 spiro atoms. The molecule has 0 radical (unpaired) electrons. The molecule has 0 amide bonds. The zero-order valence-electron chi connectivity index (χ0n) is 29.7. The van der Waals surface area contributed by atoms with Crippen molar-refractivity contribution < 1.29 is 4.42 Å². The Morgan fingerprint density at radius 1 is 0.759 bits per heavy atom. The highest BCUT2D eigenvalue weighted by atomic mass is 16.3. The quantitative estimate of drug-likeness (QED) is 0.143. The van der Waals surface area contributed by atoms with Crippen molar-refractivity contribution in [2.75, 3.05) is 0 Å². The van der Waals surface area contributed by atoms with Crippen molar-refractivity contribution >= 4 is 72.1 Å². The Kier molecular flexibility index (Phi) is 7.58.